The molecule has 1 aromatic heterocycles. The van der Waals surface area contributed by atoms with Gasteiger partial charge in [0.15, 0.2) is 0 Å². The van der Waals surface area contributed by atoms with Crippen LogP contribution in [0.2, 0.25) is 0 Å². The van der Waals surface area contributed by atoms with Gasteiger partial charge in [-0.15, -0.1) is 0 Å². The normalized spacial score (nSPS) is 22.1. The van der Waals surface area contributed by atoms with Crippen molar-refractivity contribution in [2.75, 3.05) is 0 Å². The lowest BCUT2D eigenvalue weighted by Gasteiger charge is -2.33. The third-order valence-corrected chi connectivity index (χ3v) is 6.55. The molecule has 2 unspecified atom stereocenters. The molecule has 1 heteroatoms. The Balaban J connectivity index is 1.82. The Morgan fingerprint density at radius 3 is 2.46 bits per heavy atom. The summed E-state index contributed by atoms with van der Waals surface area (Å²) in [5, 5.41) is 2.74. The highest BCUT2D eigenvalue weighted by atomic mass is 14.7. The van der Waals surface area contributed by atoms with Crippen LogP contribution in [0.1, 0.15) is 47.9 Å². The van der Waals surface area contributed by atoms with Gasteiger partial charge in [-0.05, 0) is 86.1 Å². The zero-order valence-corrected chi connectivity index (χ0v) is 15.9. The lowest BCUT2D eigenvalue weighted by Crippen LogP contribution is -2.24. The summed E-state index contributed by atoms with van der Waals surface area (Å²) in [6, 6.07) is 14.1. The standard InChI is InChI=1S/C25H27N/c1-16-9-18-13-19-5-3-4-6-20(19)15-22-11-17(2)10-21-7-8-26-25(24(21)22)23(12-16)14-18/h7-12,14,19-20H,3-6,13,15H2,1-2H3. The molecule has 5 rings (SSSR count). The fourth-order valence-corrected chi connectivity index (χ4v) is 5.47. The molecule has 2 aliphatic rings. The number of benzene rings is 2. The molecule has 1 heterocycles. The minimum absolute atomic E-state index is 0.809. The van der Waals surface area contributed by atoms with Crippen molar-refractivity contribution in [3.8, 4) is 11.3 Å². The van der Waals surface area contributed by atoms with E-state index in [0.29, 0.717) is 0 Å². The van der Waals surface area contributed by atoms with Crippen LogP contribution in [0, 0.1) is 25.7 Å². The van der Waals surface area contributed by atoms with Crippen molar-refractivity contribution < 1.29 is 0 Å². The van der Waals surface area contributed by atoms with E-state index < -0.39 is 0 Å². The number of fused-ring (bicyclic) bond motifs is 4. The number of rotatable bonds is 0. The van der Waals surface area contributed by atoms with Crippen LogP contribution < -0.4 is 0 Å². The molecular weight excluding hydrogens is 314 g/mol. The van der Waals surface area contributed by atoms with Crippen molar-refractivity contribution in [3.63, 3.8) is 0 Å². The van der Waals surface area contributed by atoms with E-state index in [-0.39, 0.29) is 0 Å². The van der Waals surface area contributed by atoms with Crippen molar-refractivity contribution in [3.05, 3.63) is 64.8 Å². The van der Waals surface area contributed by atoms with E-state index in [2.05, 4.69) is 50.2 Å². The van der Waals surface area contributed by atoms with Crippen LogP contribution >= 0.6 is 0 Å². The van der Waals surface area contributed by atoms with Gasteiger partial charge in [-0.2, -0.15) is 0 Å². The third kappa shape index (κ3) is 2.74. The van der Waals surface area contributed by atoms with Crippen LogP contribution in [-0.2, 0) is 12.8 Å². The fraction of sp³-hybridized carbons (Fsp3) is 0.400. The number of aromatic nitrogens is 1. The molecule has 132 valence electrons. The Bertz CT molecular complexity index is 985. The monoisotopic (exact) mass is 341 g/mol. The third-order valence-electron chi connectivity index (χ3n) is 6.55. The van der Waals surface area contributed by atoms with Gasteiger partial charge in [0.1, 0.15) is 0 Å². The molecule has 2 atom stereocenters. The number of aryl methyl sites for hydroxylation is 2. The molecule has 0 amide bonds. The predicted molar refractivity (Wildman–Crippen MR) is 110 cm³/mol. The summed E-state index contributed by atoms with van der Waals surface area (Å²) in [6.45, 7) is 4.46. The van der Waals surface area contributed by atoms with Crippen LogP contribution in [0.3, 0.4) is 0 Å². The van der Waals surface area contributed by atoms with Gasteiger partial charge in [0.2, 0.25) is 0 Å². The highest BCUT2D eigenvalue weighted by molar-refractivity contribution is 5.97. The van der Waals surface area contributed by atoms with Crippen molar-refractivity contribution >= 4 is 10.8 Å². The fourth-order valence-electron chi connectivity index (χ4n) is 5.47. The number of hydrogen-bond donors (Lipinski definition) is 0. The Labute approximate surface area is 156 Å². The highest BCUT2D eigenvalue weighted by Gasteiger charge is 2.27. The van der Waals surface area contributed by atoms with E-state index >= 15 is 0 Å². The van der Waals surface area contributed by atoms with Gasteiger partial charge < -0.3 is 0 Å². The molecule has 0 saturated heterocycles. The quantitative estimate of drug-likeness (QED) is 0.459. The number of pyridine rings is 1. The van der Waals surface area contributed by atoms with Crippen LogP contribution in [0.15, 0.2) is 42.6 Å². The van der Waals surface area contributed by atoms with Gasteiger partial charge in [0.05, 0.1) is 5.69 Å². The van der Waals surface area contributed by atoms with Crippen molar-refractivity contribution in [2.24, 2.45) is 11.8 Å². The van der Waals surface area contributed by atoms with E-state index in [4.69, 9.17) is 4.98 Å². The first kappa shape index (κ1) is 16.1. The average molecular weight is 341 g/mol. The second-order valence-corrected chi connectivity index (χ2v) is 8.60. The molecule has 2 aromatic carbocycles. The number of nitrogens with zero attached hydrogens (tertiary/aromatic N) is 1. The zero-order valence-electron chi connectivity index (χ0n) is 15.9. The van der Waals surface area contributed by atoms with Crippen LogP contribution in [0.4, 0.5) is 0 Å². The summed E-state index contributed by atoms with van der Waals surface area (Å²) in [4.78, 5) is 4.86. The van der Waals surface area contributed by atoms with E-state index in [9.17, 15) is 0 Å². The second-order valence-electron chi connectivity index (χ2n) is 8.60. The predicted octanol–water partition coefficient (Wildman–Crippen LogP) is 6.42. The van der Waals surface area contributed by atoms with Gasteiger partial charge in [-0.3, -0.25) is 4.98 Å². The highest BCUT2D eigenvalue weighted by Crippen LogP contribution is 2.40. The summed E-state index contributed by atoms with van der Waals surface area (Å²) < 4.78 is 0. The summed E-state index contributed by atoms with van der Waals surface area (Å²) in [7, 11) is 0. The van der Waals surface area contributed by atoms with Crippen LogP contribution in [-0.4, -0.2) is 4.98 Å². The maximum Gasteiger partial charge on any atom is 0.0783 e. The minimum Gasteiger partial charge on any atom is -0.256 e. The van der Waals surface area contributed by atoms with E-state index in [1.165, 1.54) is 82.8 Å². The first-order chi connectivity index (χ1) is 12.7. The Hall–Kier alpha value is -2.15. The number of hydrogen-bond acceptors (Lipinski definition) is 1. The van der Waals surface area contributed by atoms with Crippen molar-refractivity contribution in [1.82, 2.24) is 4.98 Å². The molecular formula is C25H27N. The molecule has 2 bridgehead atoms. The summed E-state index contributed by atoms with van der Waals surface area (Å²) in [6.07, 6.45) is 10.0. The molecule has 2 aliphatic carbocycles. The van der Waals surface area contributed by atoms with Gasteiger partial charge >= 0.3 is 0 Å². The topological polar surface area (TPSA) is 12.9 Å². The second kappa shape index (κ2) is 6.23. The van der Waals surface area contributed by atoms with Crippen LogP contribution in [0.25, 0.3) is 22.0 Å². The van der Waals surface area contributed by atoms with Gasteiger partial charge in [0, 0.05) is 17.1 Å². The Kier molecular flexibility index (Phi) is 3.85. The molecule has 0 radical (unpaired) electrons. The molecule has 1 saturated carbocycles. The smallest absolute Gasteiger partial charge is 0.0783 e. The van der Waals surface area contributed by atoms with Gasteiger partial charge in [-0.1, -0.05) is 42.2 Å². The lowest BCUT2D eigenvalue weighted by atomic mass is 9.72. The minimum atomic E-state index is 0.809. The summed E-state index contributed by atoms with van der Waals surface area (Å²) in [5.74, 6) is 1.64. The SMILES string of the molecule is Cc1cc2cc(c1)-c1nccc3cc(C)cc(c13)CC1CCCCC1C2. The Morgan fingerprint density at radius 2 is 1.62 bits per heavy atom. The molecule has 0 N–H and O–H groups in total. The molecule has 0 aliphatic heterocycles. The molecule has 3 aromatic rings. The first-order valence-electron chi connectivity index (χ1n) is 10.2. The van der Waals surface area contributed by atoms with Gasteiger partial charge in [-0.25, -0.2) is 0 Å². The van der Waals surface area contributed by atoms with E-state index in [0.717, 1.165) is 11.8 Å². The molecule has 1 fully saturated rings. The summed E-state index contributed by atoms with van der Waals surface area (Å²) >= 11 is 0. The van der Waals surface area contributed by atoms with E-state index in [1.807, 2.05) is 6.20 Å². The van der Waals surface area contributed by atoms with Crippen molar-refractivity contribution in [1.29, 1.82) is 0 Å². The maximum absolute atomic E-state index is 4.86. The van der Waals surface area contributed by atoms with Crippen molar-refractivity contribution in [2.45, 2.75) is 52.4 Å². The Morgan fingerprint density at radius 1 is 0.846 bits per heavy atom. The molecule has 26 heavy (non-hydrogen) atoms. The van der Waals surface area contributed by atoms with E-state index in [1.54, 1.807) is 0 Å². The molecule has 1 nitrogen and oxygen atoms in total. The molecule has 0 spiro atoms. The largest absolute Gasteiger partial charge is 0.256 e. The van der Waals surface area contributed by atoms with Crippen LogP contribution in [0.5, 0.6) is 0 Å². The zero-order chi connectivity index (χ0) is 17.7. The first-order valence-corrected chi connectivity index (χ1v) is 10.2. The lowest BCUT2D eigenvalue weighted by molar-refractivity contribution is 0.234. The average Bonchev–Trinajstić information content (AvgIpc) is 2.61. The van der Waals surface area contributed by atoms with Gasteiger partial charge in [0.25, 0.3) is 0 Å². The maximum atomic E-state index is 4.86. The summed E-state index contributed by atoms with van der Waals surface area (Å²) in [5.41, 5.74) is 8.23.